The molecule has 0 aliphatic heterocycles. The zero-order chi connectivity index (χ0) is 11.0. The number of hydrogen-bond acceptors (Lipinski definition) is 2. The van der Waals surface area contributed by atoms with Gasteiger partial charge in [0.15, 0.2) is 0 Å². The summed E-state index contributed by atoms with van der Waals surface area (Å²) in [5, 5.41) is 0. The molecule has 15 heavy (non-hydrogen) atoms. The van der Waals surface area contributed by atoms with Crippen LogP contribution in [0.5, 0.6) is 0 Å². The maximum atomic E-state index is 11.1. The molecule has 1 aromatic rings. The summed E-state index contributed by atoms with van der Waals surface area (Å²) in [5.41, 5.74) is 0.328. The van der Waals surface area contributed by atoms with E-state index < -0.39 is 10.1 Å². The molecule has 0 aliphatic rings. The average Bonchev–Trinajstić information content (AvgIpc) is 2.01. The molecule has 0 unspecified atom stereocenters. The lowest BCUT2D eigenvalue weighted by Crippen LogP contribution is -2.16. The van der Waals surface area contributed by atoms with Crippen LogP contribution in [-0.4, -0.2) is 13.0 Å². The van der Waals surface area contributed by atoms with Crippen molar-refractivity contribution in [2.45, 2.75) is 31.1 Å². The van der Waals surface area contributed by atoms with Gasteiger partial charge in [-0.3, -0.25) is 4.55 Å². The van der Waals surface area contributed by atoms with E-state index in [9.17, 15) is 8.42 Å². The van der Waals surface area contributed by atoms with Crippen LogP contribution in [-0.2, 0) is 15.5 Å². The van der Waals surface area contributed by atoms with Crippen LogP contribution in [0.4, 0.5) is 0 Å². The molecule has 0 bridgehead atoms. The van der Waals surface area contributed by atoms with Crippen molar-refractivity contribution in [3.05, 3.63) is 29.8 Å². The van der Waals surface area contributed by atoms with Crippen molar-refractivity contribution in [3.63, 3.8) is 0 Å². The van der Waals surface area contributed by atoms with Gasteiger partial charge in [-0.1, -0.05) is 39.0 Å². The Morgan fingerprint density at radius 1 is 1.13 bits per heavy atom. The quantitative estimate of drug-likeness (QED) is 0.780. The summed E-state index contributed by atoms with van der Waals surface area (Å²) in [6, 6.07) is 6.48. The molecule has 5 heteroatoms. The van der Waals surface area contributed by atoms with Crippen molar-refractivity contribution in [1.82, 2.24) is 0 Å². The molecule has 0 aliphatic carbocycles. The SMILES string of the molecule is CC(C)(C)c1ccccc1S(=O)(=O)O.Cl. The molecule has 1 N–H and O–H groups in total. The lowest BCUT2D eigenvalue weighted by Gasteiger charge is -2.21. The van der Waals surface area contributed by atoms with Gasteiger partial charge in [0.1, 0.15) is 0 Å². The van der Waals surface area contributed by atoms with Crippen molar-refractivity contribution in [1.29, 1.82) is 0 Å². The molecule has 0 radical (unpaired) electrons. The minimum Gasteiger partial charge on any atom is -0.282 e. The summed E-state index contributed by atoms with van der Waals surface area (Å²) in [4.78, 5) is -0.00694. The van der Waals surface area contributed by atoms with E-state index in [2.05, 4.69) is 0 Å². The third kappa shape index (κ3) is 3.48. The Hall–Kier alpha value is -0.580. The molecule has 1 rings (SSSR count). The Bertz CT molecular complexity index is 432. The van der Waals surface area contributed by atoms with Crippen LogP contribution in [0.1, 0.15) is 26.3 Å². The Morgan fingerprint density at radius 3 is 1.93 bits per heavy atom. The number of benzene rings is 1. The lowest BCUT2D eigenvalue weighted by atomic mass is 9.87. The molecule has 1 aromatic carbocycles. The van der Waals surface area contributed by atoms with E-state index in [1.54, 1.807) is 18.2 Å². The fourth-order valence-corrected chi connectivity index (χ4v) is 2.21. The molecule has 0 atom stereocenters. The first-order valence-electron chi connectivity index (χ1n) is 4.30. The predicted molar refractivity (Wildman–Crippen MR) is 62.2 cm³/mol. The van der Waals surface area contributed by atoms with Crippen molar-refractivity contribution >= 4 is 22.5 Å². The highest BCUT2D eigenvalue weighted by molar-refractivity contribution is 7.85. The van der Waals surface area contributed by atoms with Gasteiger partial charge in [-0.15, -0.1) is 12.4 Å². The summed E-state index contributed by atoms with van der Waals surface area (Å²) in [6.45, 7) is 5.70. The summed E-state index contributed by atoms with van der Waals surface area (Å²) in [7, 11) is -4.12. The number of halogens is 1. The molecule has 0 spiro atoms. The molecule has 0 fully saturated rings. The minimum atomic E-state index is -4.12. The average molecular weight is 251 g/mol. The van der Waals surface area contributed by atoms with Gasteiger partial charge in [0.05, 0.1) is 4.90 Å². The largest absolute Gasteiger partial charge is 0.294 e. The van der Waals surface area contributed by atoms with Crippen LogP contribution in [0.3, 0.4) is 0 Å². The highest BCUT2D eigenvalue weighted by atomic mass is 35.5. The van der Waals surface area contributed by atoms with Crippen molar-refractivity contribution in [2.24, 2.45) is 0 Å². The monoisotopic (exact) mass is 250 g/mol. The second-order valence-electron chi connectivity index (χ2n) is 4.22. The third-order valence-corrected chi connectivity index (χ3v) is 2.88. The van der Waals surface area contributed by atoms with Crippen molar-refractivity contribution in [2.75, 3.05) is 0 Å². The standard InChI is InChI=1S/C10H14O3S.ClH/c1-10(2,3)8-6-4-5-7-9(8)14(11,12)13;/h4-7H,1-3H3,(H,11,12,13);1H. The van der Waals surface area contributed by atoms with Gasteiger partial charge in [-0.2, -0.15) is 8.42 Å². The zero-order valence-electron chi connectivity index (χ0n) is 8.89. The van der Waals surface area contributed by atoms with Crippen molar-refractivity contribution in [3.8, 4) is 0 Å². The van der Waals surface area contributed by atoms with E-state index in [4.69, 9.17) is 4.55 Å². The Balaban J connectivity index is 0.00000196. The molecule has 3 nitrogen and oxygen atoms in total. The fraction of sp³-hybridized carbons (Fsp3) is 0.400. The first-order chi connectivity index (χ1) is 6.23. The maximum Gasteiger partial charge on any atom is 0.294 e. The smallest absolute Gasteiger partial charge is 0.282 e. The predicted octanol–water partition coefficient (Wildman–Crippen LogP) is 2.65. The second kappa shape index (κ2) is 4.51. The third-order valence-electron chi connectivity index (χ3n) is 1.97. The molecule has 0 heterocycles. The van der Waals surface area contributed by atoms with Gasteiger partial charge >= 0.3 is 0 Å². The van der Waals surface area contributed by atoms with Gasteiger partial charge in [-0.05, 0) is 17.0 Å². The van der Waals surface area contributed by atoms with Crippen molar-refractivity contribution < 1.29 is 13.0 Å². The highest BCUT2D eigenvalue weighted by Gasteiger charge is 2.23. The normalized spacial score (nSPS) is 12.0. The Kier molecular flexibility index (Phi) is 4.34. The van der Waals surface area contributed by atoms with E-state index >= 15 is 0 Å². The highest BCUT2D eigenvalue weighted by Crippen LogP contribution is 2.28. The van der Waals surface area contributed by atoms with E-state index in [1.165, 1.54) is 6.07 Å². The van der Waals surface area contributed by atoms with Gasteiger partial charge in [0, 0.05) is 0 Å². The van der Waals surface area contributed by atoms with Gasteiger partial charge in [-0.25, -0.2) is 0 Å². The van der Waals surface area contributed by atoms with E-state index in [0.717, 1.165) is 0 Å². The van der Waals surface area contributed by atoms with E-state index in [1.807, 2.05) is 20.8 Å². The lowest BCUT2D eigenvalue weighted by molar-refractivity contribution is 0.476. The summed E-state index contributed by atoms with van der Waals surface area (Å²) >= 11 is 0. The second-order valence-corrected chi connectivity index (χ2v) is 5.61. The fourth-order valence-electron chi connectivity index (χ4n) is 1.31. The zero-order valence-corrected chi connectivity index (χ0v) is 10.5. The molecule has 0 amide bonds. The molecular weight excluding hydrogens is 236 g/mol. The Morgan fingerprint density at radius 2 is 1.60 bits per heavy atom. The summed E-state index contributed by atoms with van der Waals surface area (Å²) < 4.78 is 31.1. The number of hydrogen-bond donors (Lipinski definition) is 1. The van der Waals surface area contributed by atoms with Crippen LogP contribution in [0.2, 0.25) is 0 Å². The minimum absolute atomic E-state index is 0. The van der Waals surface area contributed by atoms with Crippen LogP contribution in [0.15, 0.2) is 29.2 Å². The molecule has 0 saturated carbocycles. The molecule has 86 valence electrons. The number of rotatable bonds is 1. The first kappa shape index (κ1) is 14.4. The molecule has 0 aromatic heterocycles. The first-order valence-corrected chi connectivity index (χ1v) is 5.74. The van der Waals surface area contributed by atoms with Gasteiger partial charge in [0.25, 0.3) is 10.1 Å². The summed E-state index contributed by atoms with van der Waals surface area (Å²) in [5.74, 6) is 0. The van der Waals surface area contributed by atoms with E-state index in [0.29, 0.717) is 5.56 Å². The Labute approximate surface area is 96.7 Å². The van der Waals surface area contributed by atoms with Gasteiger partial charge in [0.2, 0.25) is 0 Å². The van der Waals surface area contributed by atoms with Crippen LogP contribution in [0.25, 0.3) is 0 Å². The van der Waals surface area contributed by atoms with E-state index in [-0.39, 0.29) is 22.7 Å². The summed E-state index contributed by atoms with van der Waals surface area (Å²) in [6.07, 6.45) is 0. The van der Waals surface area contributed by atoms with Crippen LogP contribution in [0, 0.1) is 0 Å². The molecular formula is C10H15ClO3S. The van der Waals surface area contributed by atoms with Gasteiger partial charge < -0.3 is 0 Å². The maximum absolute atomic E-state index is 11.1. The van der Waals surface area contributed by atoms with Crippen LogP contribution < -0.4 is 0 Å². The van der Waals surface area contributed by atoms with Crippen LogP contribution >= 0.6 is 12.4 Å². The topological polar surface area (TPSA) is 54.4 Å². The molecule has 0 saturated heterocycles.